The predicted octanol–water partition coefficient (Wildman–Crippen LogP) is 1.79. The summed E-state index contributed by atoms with van der Waals surface area (Å²) >= 11 is 10.0. The number of rotatable bonds is 2. The van der Waals surface area contributed by atoms with E-state index in [2.05, 4.69) is 47.8 Å². The van der Waals surface area contributed by atoms with Crippen LogP contribution >= 0.6 is 47.8 Å². The predicted molar refractivity (Wildman–Crippen MR) is 77.9 cm³/mol. The van der Waals surface area contributed by atoms with Crippen molar-refractivity contribution in [3.8, 4) is 5.75 Å². The smallest absolute Gasteiger partial charge is 0.229 e. The Kier molecular flexibility index (Phi) is 5.27. The van der Waals surface area contributed by atoms with Crippen LogP contribution in [-0.4, -0.2) is 46.5 Å². The number of hydrogen-bond donors (Lipinski definition) is 3. The first kappa shape index (κ1) is 15.7. The molecule has 5 nitrogen and oxygen atoms in total. The van der Waals surface area contributed by atoms with Crippen molar-refractivity contribution >= 4 is 47.8 Å². The zero-order chi connectivity index (χ0) is 14.2. The second-order valence-electron chi connectivity index (χ2n) is 4.07. The Morgan fingerprint density at radius 3 is 2.21 bits per heavy atom. The molecule has 0 aliphatic carbocycles. The molecule has 0 spiro atoms. The number of aliphatic hydroxyl groups is 3. The van der Waals surface area contributed by atoms with Gasteiger partial charge in [0.05, 0.1) is 15.6 Å². The van der Waals surface area contributed by atoms with Gasteiger partial charge in [-0.3, -0.25) is 0 Å². The number of ether oxygens (including phenoxy) is 2. The van der Waals surface area contributed by atoms with E-state index >= 15 is 0 Å². The first-order valence-electron chi connectivity index (χ1n) is 5.37. The first-order chi connectivity index (χ1) is 8.90. The van der Waals surface area contributed by atoms with Crippen molar-refractivity contribution in [3.05, 3.63) is 25.6 Å². The van der Waals surface area contributed by atoms with E-state index in [-0.39, 0.29) is 6.61 Å². The Bertz CT molecular complexity index is 447. The molecule has 1 fully saturated rings. The van der Waals surface area contributed by atoms with Gasteiger partial charge in [0.2, 0.25) is 6.29 Å². The third-order valence-corrected chi connectivity index (χ3v) is 4.29. The molecule has 4 unspecified atom stereocenters. The van der Waals surface area contributed by atoms with Gasteiger partial charge in [0, 0.05) is 4.47 Å². The van der Waals surface area contributed by atoms with Gasteiger partial charge >= 0.3 is 0 Å². The third kappa shape index (κ3) is 3.49. The molecule has 106 valence electrons. The average molecular weight is 463 g/mol. The summed E-state index contributed by atoms with van der Waals surface area (Å²) in [5.74, 6) is 0.441. The highest BCUT2D eigenvalue weighted by Crippen LogP contribution is 2.37. The molecule has 0 radical (unpaired) electrons. The van der Waals surface area contributed by atoms with E-state index in [9.17, 15) is 15.3 Å². The van der Waals surface area contributed by atoms with Crippen LogP contribution in [0.4, 0.5) is 0 Å². The maximum atomic E-state index is 9.81. The SMILES string of the molecule is OC1COC(Oc2c(Br)cc(Br)cc2Br)C(O)C1O. The van der Waals surface area contributed by atoms with Gasteiger partial charge in [-0.2, -0.15) is 0 Å². The van der Waals surface area contributed by atoms with Crippen LogP contribution in [-0.2, 0) is 4.74 Å². The average Bonchev–Trinajstić information content (AvgIpc) is 2.33. The van der Waals surface area contributed by atoms with Gasteiger partial charge in [-0.1, -0.05) is 15.9 Å². The van der Waals surface area contributed by atoms with Gasteiger partial charge in [0.15, 0.2) is 5.75 Å². The molecule has 19 heavy (non-hydrogen) atoms. The van der Waals surface area contributed by atoms with Crippen LogP contribution in [0, 0.1) is 0 Å². The fourth-order valence-corrected chi connectivity index (χ4v) is 4.09. The van der Waals surface area contributed by atoms with E-state index in [1.807, 2.05) is 0 Å². The molecular formula is C11H11Br3O5. The van der Waals surface area contributed by atoms with Crippen LogP contribution in [0.5, 0.6) is 5.75 Å². The van der Waals surface area contributed by atoms with Gasteiger partial charge in [-0.25, -0.2) is 0 Å². The summed E-state index contributed by atoms with van der Waals surface area (Å²) in [6.07, 6.45) is -4.79. The molecule has 1 aliphatic rings. The van der Waals surface area contributed by atoms with Crippen LogP contribution < -0.4 is 4.74 Å². The van der Waals surface area contributed by atoms with Gasteiger partial charge in [-0.15, -0.1) is 0 Å². The minimum absolute atomic E-state index is 0.103. The van der Waals surface area contributed by atoms with Crippen molar-refractivity contribution in [1.82, 2.24) is 0 Å². The highest BCUT2D eigenvalue weighted by atomic mass is 79.9. The van der Waals surface area contributed by atoms with Crippen molar-refractivity contribution in [2.75, 3.05) is 6.61 Å². The quantitative estimate of drug-likeness (QED) is 0.624. The number of benzene rings is 1. The molecule has 1 saturated heterocycles. The zero-order valence-corrected chi connectivity index (χ0v) is 14.2. The molecule has 1 aromatic carbocycles. The summed E-state index contributed by atoms with van der Waals surface area (Å²) in [5, 5.41) is 28.8. The Labute approximate surface area is 134 Å². The number of aliphatic hydroxyl groups excluding tert-OH is 3. The molecule has 0 amide bonds. The zero-order valence-electron chi connectivity index (χ0n) is 9.46. The number of hydrogen-bond acceptors (Lipinski definition) is 5. The van der Waals surface area contributed by atoms with Crippen LogP contribution in [0.25, 0.3) is 0 Å². The molecule has 1 aliphatic heterocycles. The highest BCUT2D eigenvalue weighted by molar-refractivity contribution is 9.11. The Balaban J connectivity index is 2.18. The van der Waals surface area contributed by atoms with Crippen LogP contribution in [0.2, 0.25) is 0 Å². The Hall–Kier alpha value is 0.300. The summed E-state index contributed by atoms with van der Waals surface area (Å²) in [6.45, 7) is -0.103. The first-order valence-corrected chi connectivity index (χ1v) is 7.75. The standard InChI is InChI=1S/C11H11Br3O5/c12-4-1-5(13)10(6(14)2-4)19-11-9(17)8(16)7(15)3-18-11/h1-2,7-9,11,15-17H,3H2. The summed E-state index contributed by atoms with van der Waals surface area (Å²) in [6, 6.07) is 3.56. The van der Waals surface area contributed by atoms with Crippen molar-refractivity contribution in [3.63, 3.8) is 0 Å². The minimum atomic E-state index is -1.33. The van der Waals surface area contributed by atoms with Crippen LogP contribution in [0.3, 0.4) is 0 Å². The van der Waals surface area contributed by atoms with Crippen molar-refractivity contribution in [1.29, 1.82) is 0 Å². The van der Waals surface area contributed by atoms with Crippen LogP contribution in [0.1, 0.15) is 0 Å². The normalized spacial score (nSPS) is 31.3. The summed E-state index contributed by atoms with van der Waals surface area (Å²) in [4.78, 5) is 0. The van der Waals surface area contributed by atoms with Crippen molar-refractivity contribution in [2.24, 2.45) is 0 Å². The Morgan fingerprint density at radius 2 is 1.63 bits per heavy atom. The second-order valence-corrected chi connectivity index (χ2v) is 6.69. The molecule has 0 aromatic heterocycles. The maximum absolute atomic E-state index is 9.81. The lowest BCUT2D eigenvalue weighted by molar-refractivity contribution is -0.242. The lowest BCUT2D eigenvalue weighted by Gasteiger charge is -2.35. The molecule has 1 aromatic rings. The summed E-state index contributed by atoms with van der Waals surface area (Å²) in [7, 11) is 0. The minimum Gasteiger partial charge on any atom is -0.460 e. The Morgan fingerprint density at radius 1 is 1.05 bits per heavy atom. The van der Waals surface area contributed by atoms with E-state index in [0.717, 1.165) is 4.47 Å². The molecule has 3 N–H and O–H groups in total. The van der Waals surface area contributed by atoms with Crippen molar-refractivity contribution < 1.29 is 24.8 Å². The van der Waals surface area contributed by atoms with E-state index in [0.29, 0.717) is 14.7 Å². The second kappa shape index (κ2) is 6.38. The van der Waals surface area contributed by atoms with Gasteiger partial charge in [0.25, 0.3) is 0 Å². The molecule has 0 saturated carbocycles. The molecular weight excluding hydrogens is 452 g/mol. The largest absolute Gasteiger partial charge is 0.460 e. The highest BCUT2D eigenvalue weighted by Gasteiger charge is 2.39. The van der Waals surface area contributed by atoms with E-state index in [1.54, 1.807) is 12.1 Å². The molecule has 2 rings (SSSR count). The lowest BCUT2D eigenvalue weighted by Crippen LogP contribution is -2.54. The lowest BCUT2D eigenvalue weighted by atomic mass is 10.1. The van der Waals surface area contributed by atoms with E-state index < -0.39 is 24.6 Å². The number of halogens is 3. The van der Waals surface area contributed by atoms with Crippen molar-refractivity contribution in [2.45, 2.75) is 24.6 Å². The maximum Gasteiger partial charge on any atom is 0.229 e. The van der Waals surface area contributed by atoms with Gasteiger partial charge in [-0.05, 0) is 44.0 Å². The van der Waals surface area contributed by atoms with E-state index in [1.165, 1.54) is 0 Å². The fourth-order valence-electron chi connectivity index (χ4n) is 1.64. The van der Waals surface area contributed by atoms with E-state index in [4.69, 9.17) is 9.47 Å². The third-order valence-electron chi connectivity index (χ3n) is 2.65. The monoisotopic (exact) mass is 460 g/mol. The molecule has 4 atom stereocenters. The molecule has 8 heteroatoms. The van der Waals surface area contributed by atoms with Gasteiger partial charge in [0.1, 0.15) is 18.3 Å². The summed E-state index contributed by atoms with van der Waals surface area (Å²) in [5.41, 5.74) is 0. The molecule has 1 heterocycles. The van der Waals surface area contributed by atoms with Gasteiger partial charge < -0.3 is 24.8 Å². The topological polar surface area (TPSA) is 79.2 Å². The molecule has 0 bridgehead atoms. The summed E-state index contributed by atoms with van der Waals surface area (Å²) < 4.78 is 12.9. The fraction of sp³-hybridized carbons (Fsp3) is 0.455. The van der Waals surface area contributed by atoms with Crippen LogP contribution in [0.15, 0.2) is 25.6 Å².